The first-order valence-corrected chi connectivity index (χ1v) is 20.5. The van der Waals surface area contributed by atoms with Crippen molar-refractivity contribution in [1.82, 2.24) is 20.3 Å². The second-order valence-corrected chi connectivity index (χ2v) is 16.1. The Labute approximate surface area is 353 Å². The molecule has 3 aliphatic rings. The van der Waals surface area contributed by atoms with E-state index >= 15 is 0 Å². The predicted octanol–water partition coefficient (Wildman–Crippen LogP) is 5.04. The van der Waals surface area contributed by atoms with Crippen LogP contribution in [0.25, 0.3) is 35.6 Å². The molecule has 0 saturated carbocycles. The predicted molar refractivity (Wildman–Crippen MR) is 229 cm³/mol. The molecule has 6 rings (SSSR count). The molecule has 1 aliphatic carbocycles. The number of aliphatic hydroxyl groups excluding tert-OH is 1. The summed E-state index contributed by atoms with van der Waals surface area (Å²) in [4.78, 5) is 42.2. The van der Waals surface area contributed by atoms with Gasteiger partial charge in [-0.1, -0.05) is 106 Å². The average molecular weight is 784 g/mol. The van der Waals surface area contributed by atoms with Gasteiger partial charge in [0.1, 0.15) is 18.3 Å². The van der Waals surface area contributed by atoms with Gasteiger partial charge in [-0.05, 0) is 82.4 Å². The Hall–Kier alpha value is -4.15. The van der Waals surface area contributed by atoms with Crippen LogP contribution in [-0.4, -0.2) is 59.9 Å². The van der Waals surface area contributed by atoms with Gasteiger partial charge in [-0.3, -0.25) is 9.59 Å². The molecule has 10 heteroatoms. The zero-order valence-electron chi connectivity index (χ0n) is 35.5. The van der Waals surface area contributed by atoms with Crippen molar-refractivity contribution in [3.63, 3.8) is 0 Å². The summed E-state index contributed by atoms with van der Waals surface area (Å²) in [7, 11) is 1.34. The fourth-order valence-corrected chi connectivity index (χ4v) is 9.13. The number of methoxy groups -OCH3 is 1. The van der Waals surface area contributed by atoms with Gasteiger partial charge in [0.05, 0.1) is 13.2 Å². The van der Waals surface area contributed by atoms with E-state index in [0.29, 0.717) is 28.3 Å². The third-order valence-electron chi connectivity index (χ3n) is 12.5. The molecule has 5 heterocycles. The number of allylic oxidation sites excluding steroid dienone is 2. The maximum atomic E-state index is 13.6. The molecular formula is C47H59MgN4O5-. The molecular weight excluding hydrogens is 725 g/mol. The summed E-state index contributed by atoms with van der Waals surface area (Å²) in [5, 5.41) is 18.4. The number of rotatable bonds is 14. The Bertz CT molecular complexity index is 2340. The first-order valence-electron chi connectivity index (χ1n) is 20.5. The third kappa shape index (κ3) is 8.68. The molecule has 0 aromatic carbocycles. The zero-order chi connectivity index (χ0) is 40.4. The van der Waals surface area contributed by atoms with Crippen LogP contribution in [0.5, 0.6) is 0 Å². The molecule has 0 radical (unpaired) electrons. The van der Waals surface area contributed by atoms with Crippen LogP contribution < -0.4 is 41.5 Å². The Morgan fingerprint density at radius 1 is 0.982 bits per heavy atom. The fourth-order valence-electron chi connectivity index (χ4n) is 9.13. The maximum absolute atomic E-state index is 13.6. The normalized spacial score (nSPS) is 22.3. The SMILES string of the molecule is C=Cc1c2[n-]c(c1C)/C=C1\NC(C3=c4[n-]c(c(C)c4=C(O)[C@@H]3C(=O)OC)/C=c3\[n-]/c(c(C)c3CC)=C\2)[C@@H](CCC(=O)OC/C=C(/C)CCC[C@H](C)CCC)[C@@H]1C.[Mg+2]. The van der Waals surface area contributed by atoms with Crippen molar-refractivity contribution < 1.29 is 24.2 Å². The molecule has 3 aromatic rings. The van der Waals surface area contributed by atoms with Crippen molar-refractivity contribution in [2.45, 2.75) is 113 Å². The molecule has 0 spiro atoms. The van der Waals surface area contributed by atoms with Crippen LogP contribution in [0.4, 0.5) is 0 Å². The number of aromatic nitrogens is 3. The van der Waals surface area contributed by atoms with Crippen molar-refractivity contribution in [1.29, 1.82) is 0 Å². The van der Waals surface area contributed by atoms with Gasteiger partial charge in [0.2, 0.25) is 0 Å². The van der Waals surface area contributed by atoms with Gasteiger partial charge >= 0.3 is 35.0 Å². The Kier molecular flexibility index (Phi) is 14.4. The van der Waals surface area contributed by atoms with Crippen LogP contribution >= 0.6 is 0 Å². The van der Waals surface area contributed by atoms with E-state index in [1.807, 2.05) is 38.2 Å². The summed E-state index contributed by atoms with van der Waals surface area (Å²) < 4.78 is 11.0. The topological polar surface area (TPSA) is 127 Å². The van der Waals surface area contributed by atoms with Gasteiger partial charge in [-0.25, -0.2) is 0 Å². The minimum atomic E-state index is -1.04. The van der Waals surface area contributed by atoms with Gasteiger partial charge in [-0.2, -0.15) is 0 Å². The van der Waals surface area contributed by atoms with Crippen LogP contribution in [0.1, 0.15) is 124 Å². The maximum Gasteiger partial charge on any atom is 2.00 e. The number of fused-ring (bicyclic) bond motifs is 8. The van der Waals surface area contributed by atoms with E-state index in [9.17, 15) is 14.7 Å². The van der Waals surface area contributed by atoms with Crippen LogP contribution in [0.15, 0.2) is 23.9 Å². The summed E-state index contributed by atoms with van der Waals surface area (Å²) in [6.45, 7) is 21.3. The molecule has 57 heavy (non-hydrogen) atoms. The van der Waals surface area contributed by atoms with Gasteiger partial charge in [0.15, 0.2) is 0 Å². The molecule has 8 bridgehead atoms. The second-order valence-electron chi connectivity index (χ2n) is 16.1. The number of ether oxygens (including phenoxy) is 2. The summed E-state index contributed by atoms with van der Waals surface area (Å²) in [5.74, 6) is -1.41. The van der Waals surface area contributed by atoms with Gasteiger partial charge in [0, 0.05) is 23.3 Å². The Morgan fingerprint density at radius 3 is 2.39 bits per heavy atom. The van der Waals surface area contributed by atoms with Crippen molar-refractivity contribution in [3.05, 3.63) is 90.1 Å². The van der Waals surface area contributed by atoms with E-state index in [2.05, 4.69) is 59.5 Å². The number of nitrogens with zero attached hydrogens (tertiary/aromatic N) is 3. The number of hydrogen-bond acceptors (Lipinski definition) is 6. The fraction of sp³-hybridized carbons (Fsp3) is 0.489. The molecule has 5 atom stereocenters. The van der Waals surface area contributed by atoms with E-state index in [-0.39, 0.29) is 59.6 Å². The monoisotopic (exact) mass is 783 g/mol. The summed E-state index contributed by atoms with van der Waals surface area (Å²) >= 11 is 0. The van der Waals surface area contributed by atoms with Crippen LogP contribution in [0.2, 0.25) is 0 Å². The first-order chi connectivity index (χ1) is 26.8. The molecule has 1 fully saturated rings. The van der Waals surface area contributed by atoms with Gasteiger partial charge in [-0.15, -0.1) is 33.1 Å². The number of aliphatic hydroxyl groups is 1. The van der Waals surface area contributed by atoms with E-state index in [1.54, 1.807) is 0 Å². The Morgan fingerprint density at radius 2 is 1.70 bits per heavy atom. The van der Waals surface area contributed by atoms with Crippen molar-refractivity contribution >= 4 is 70.6 Å². The van der Waals surface area contributed by atoms with Crippen LogP contribution in [0, 0.1) is 44.4 Å². The molecule has 300 valence electrons. The first kappa shape index (κ1) is 44.0. The van der Waals surface area contributed by atoms with Gasteiger partial charge in [0.25, 0.3) is 0 Å². The van der Waals surface area contributed by atoms with Crippen LogP contribution in [-0.2, 0) is 25.5 Å². The molecule has 9 nitrogen and oxygen atoms in total. The number of carbonyl (C=O) groups is 2. The number of carbonyl (C=O) groups excluding carboxylic acids is 2. The van der Waals surface area contributed by atoms with E-state index < -0.39 is 17.9 Å². The molecule has 2 N–H and O–H groups in total. The smallest absolute Gasteiger partial charge is 0.657 e. The van der Waals surface area contributed by atoms with Crippen molar-refractivity contribution in [2.75, 3.05) is 13.7 Å². The molecule has 3 aromatic heterocycles. The minimum absolute atomic E-state index is 0. The van der Waals surface area contributed by atoms with Crippen LogP contribution in [0.3, 0.4) is 0 Å². The molecule has 2 aliphatic heterocycles. The minimum Gasteiger partial charge on any atom is -0.657 e. The quantitative estimate of drug-likeness (QED) is 0.131. The number of esters is 2. The summed E-state index contributed by atoms with van der Waals surface area (Å²) in [6.07, 6.45) is 17.2. The number of hydrogen-bond donors (Lipinski definition) is 2. The number of nitrogens with one attached hydrogen (secondary N) is 1. The second kappa shape index (κ2) is 18.6. The zero-order valence-corrected chi connectivity index (χ0v) is 36.9. The van der Waals surface area contributed by atoms with Crippen molar-refractivity contribution in [3.8, 4) is 0 Å². The molecule has 1 saturated heterocycles. The standard InChI is InChI=1S/C47H59N4O5.Mg/c1-11-15-25(4)16-14-17-26(5)20-21-56-40(52)19-18-33-29(8)36-22-34-27(6)31(12-2)38(48-34)23-35-28(7)32(13-3)39(49-35)24-37-30(9)41-45(51-37)42(44(33)50-36)43(46(41)53)47(54)55-10;/h12,20,22-25,29,33,43-44,50,53H,2,11,13-19,21H2,1,3-10H3;/q-3;+2/b26-20-,35-23-,36-22-,39-24-;/t25-,29+,33+,43-,44?;/m1./s1. The summed E-state index contributed by atoms with van der Waals surface area (Å²) in [6, 6.07) is -0.443. The van der Waals surface area contributed by atoms with E-state index in [0.717, 1.165) is 80.8 Å². The largest absolute Gasteiger partial charge is 2.00 e. The van der Waals surface area contributed by atoms with E-state index in [1.165, 1.54) is 31.9 Å². The average Bonchev–Trinajstić information content (AvgIpc) is 3.91. The Balaban J connectivity index is 0.00000620. The third-order valence-corrected chi connectivity index (χ3v) is 12.5. The summed E-state index contributed by atoms with van der Waals surface area (Å²) in [5.41, 5.74) is 10.0. The molecule has 0 amide bonds. The van der Waals surface area contributed by atoms with Gasteiger partial charge < -0.3 is 34.8 Å². The van der Waals surface area contributed by atoms with E-state index in [4.69, 9.17) is 24.4 Å². The van der Waals surface area contributed by atoms with Crippen molar-refractivity contribution in [2.24, 2.45) is 23.7 Å². The molecule has 1 unspecified atom stereocenters.